The summed E-state index contributed by atoms with van der Waals surface area (Å²) in [6, 6.07) is 0.0298. The fraction of sp³-hybridized carbons (Fsp3) is 0.538. The maximum Gasteiger partial charge on any atom is 0.244 e. The molecule has 1 aromatic heterocycles. The van der Waals surface area contributed by atoms with Crippen molar-refractivity contribution in [2.75, 3.05) is 6.61 Å². The molecule has 0 saturated heterocycles. The average molecular weight is 251 g/mol. The molecule has 0 aliphatic carbocycles. The molecule has 1 rings (SSSR count). The van der Waals surface area contributed by atoms with Crippen LogP contribution in [0.2, 0.25) is 0 Å². The van der Waals surface area contributed by atoms with Gasteiger partial charge in [0.05, 0.1) is 6.20 Å². The van der Waals surface area contributed by atoms with Crippen LogP contribution < -0.4 is 5.32 Å². The molecule has 2 N–H and O–H groups in total. The SMILES string of the molecule is CCC(CCO)NC(=O)/C=C/c1cnn(C)c1C. The number of nitrogens with one attached hydrogen (secondary N) is 1. The van der Waals surface area contributed by atoms with Gasteiger partial charge in [-0.2, -0.15) is 5.10 Å². The van der Waals surface area contributed by atoms with Crippen LogP contribution in [0, 0.1) is 6.92 Å². The molecule has 0 radical (unpaired) electrons. The molecular weight excluding hydrogens is 230 g/mol. The van der Waals surface area contributed by atoms with E-state index in [1.54, 1.807) is 17.0 Å². The first-order chi connectivity index (χ1) is 8.58. The number of aliphatic hydroxyl groups is 1. The first-order valence-electron chi connectivity index (χ1n) is 6.16. The minimum atomic E-state index is -0.140. The van der Waals surface area contributed by atoms with Gasteiger partial charge in [0.2, 0.25) is 5.91 Å². The van der Waals surface area contributed by atoms with Gasteiger partial charge in [0, 0.05) is 37.0 Å². The van der Waals surface area contributed by atoms with E-state index in [4.69, 9.17) is 5.11 Å². The summed E-state index contributed by atoms with van der Waals surface area (Å²) < 4.78 is 1.76. The summed E-state index contributed by atoms with van der Waals surface area (Å²) >= 11 is 0. The number of aliphatic hydroxyl groups excluding tert-OH is 1. The molecule has 0 aromatic carbocycles. The van der Waals surface area contributed by atoms with Crippen LogP contribution in [0.4, 0.5) is 0 Å². The third-order valence-corrected chi connectivity index (χ3v) is 3.00. The third kappa shape index (κ3) is 4.00. The number of aryl methyl sites for hydroxylation is 1. The Labute approximate surface area is 108 Å². The number of hydrogen-bond donors (Lipinski definition) is 2. The number of rotatable bonds is 6. The predicted molar refractivity (Wildman–Crippen MR) is 70.9 cm³/mol. The Balaban J connectivity index is 2.56. The quantitative estimate of drug-likeness (QED) is 0.742. The Morgan fingerprint density at radius 3 is 2.89 bits per heavy atom. The van der Waals surface area contributed by atoms with Gasteiger partial charge in [-0.25, -0.2) is 0 Å². The van der Waals surface area contributed by atoms with Gasteiger partial charge in [-0.3, -0.25) is 9.48 Å². The lowest BCUT2D eigenvalue weighted by Crippen LogP contribution is -2.33. The maximum absolute atomic E-state index is 11.7. The Morgan fingerprint density at radius 2 is 2.39 bits per heavy atom. The Morgan fingerprint density at radius 1 is 1.67 bits per heavy atom. The summed E-state index contributed by atoms with van der Waals surface area (Å²) in [5.41, 5.74) is 1.95. The molecule has 5 heteroatoms. The summed E-state index contributed by atoms with van der Waals surface area (Å²) in [7, 11) is 1.86. The van der Waals surface area contributed by atoms with Crippen molar-refractivity contribution in [2.24, 2.45) is 7.05 Å². The van der Waals surface area contributed by atoms with Gasteiger partial charge >= 0.3 is 0 Å². The standard InChI is InChI=1S/C13H21N3O2/c1-4-12(7-8-17)15-13(18)6-5-11-9-14-16(3)10(11)2/h5-6,9,12,17H,4,7-8H2,1-3H3,(H,15,18)/b6-5+. The maximum atomic E-state index is 11.7. The van der Waals surface area contributed by atoms with E-state index in [1.165, 1.54) is 6.08 Å². The highest BCUT2D eigenvalue weighted by atomic mass is 16.3. The highest BCUT2D eigenvalue weighted by Gasteiger charge is 2.07. The van der Waals surface area contributed by atoms with Crippen molar-refractivity contribution < 1.29 is 9.90 Å². The second kappa shape index (κ2) is 6.96. The van der Waals surface area contributed by atoms with E-state index in [0.717, 1.165) is 17.7 Å². The van der Waals surface area contributed by atoms with Crippen LogP contribution in [0.15, 0.2) is 12.3 Å². The monoisotopic (exact) mass is 251 g/mol. The van der Waals surface area contributed by atoms with Gasteiger partial charge in [-0.05, 0) is 25.8 Å². The molecule has 5 nitrogen and oxygen atoms in total. The number of amides is 1. The lowest BCUT2D eigenvalue weighted by Gasteiger charge is -2.13. The molecule has 1 atom stereocenters. The number of nitrogens with zero attached hydrogens (tertiary/aromatic N) is 2. The summed E-state index contributed by atoms with van der Waals surface area (Å²) in [5.74, 6) is -0.140. The van der Waals surface area contributed by atoms with Gasteiger partial charge < -0.3 is 10.4 Å². The first kappa shape index (κ1) is 14.4. The smallest absolute Gasteiger partial charge is 0.244 e. The molecule has 1 heterocycles. The predicted octanol–water partition coefficient (Wildman–Crippen LogP) is 1.02. The van der Waals surface area contributed by atoms with Gasteiger partial charge in [0.15, 0.2) is 0 Å². The van der Waals surface area contributed by atoms with Gasteiger partial charge in [0.25, 0.3) is 0 Å². The van der Waals surface area contributed by atoms with Crippen LogP contribution in [-0.4, -0.2) is 33.4 Å². The molecule has 100 valence electrons. The van der Waals surface area contributed by atoms with Crippen LogP contribution in [0.5, 0.6) is 0 Å². The molecule has 0 saturated carbocycles. The van der Waals surface area contributed by atoms with Crippen molar-refractivity contribution in [2.45, 2.75) is 32.7 Å². The van der Waals surface area contributed by atoms with E-state index in [2.05, 4.69) is 10.4 Å². The van der Waals surface area contributed by atoms with Crippen molar-refractivity contribution in [3.05, 3.63) is 23.5 Å². The number of aromatic nitrogens is 2. The Kier molecular flexibility index (Phi) is 5.58. The highest BCUT2D eigenvalue weighted by molar-refractivity contribution is 5.92. The fourth-order valence-electron chi connectivity index (χ4n) is 1.63. The lowest BCUT2D eigenvalue weighted by atomic mass is 10.1. The second-order valence-electron chi connectivity index (χ2n) is 4.27. The van der Waals surface area contributed by atoms with Crippen LogP contribution in [-0.2, 0) is 11.8 Å². The number of carbonyl (C=O) groups excluding carboxylic acids is 1. The average Bonchev–Trinajstić information content (AvgIpc) is 2.67. The molecule has 0 aliphatic rings. The summed E-state index contributed by atoms with van der Waals surface area (Å²) in [5, 5.41) is 15.8. The van der Waals surface area contributed by atoms with Gasteiger partial charge in [-0.1, -0.05) is 6.92 Å². The number of hydrogen-bond acceptors (Lipinski definition) is 3. The third-order valence-electron chi connectivity index (χ3n) is 3.00. The normalized spacial score (nSPS) is 12.9. The molecule has 1 amide bonds. The fourth-order valence-corrected chi connectivity index (χ4v) is 1.63. The highest BCUT2D eigenvalue weighted by Crippen LogP contribution is 2.07. The van der Waals surface area contributed by atoms with Crippen LogP contribution in [0.3, 0.4) is 0 Å². The van der Waals surface area contributed by atoms with Crippen LogP contribution in [0.1, 0.15) is 31.0 Å². The van der Waals surface area contributed by atoms with Crippen LogP contribution in [0.25, 0.3) is 6.08 Å². The molecule has 1 unspecified atom stereocenters. The minimum absolute atomic E-state index is 0.0298. The topological polar surface area (TPSA) is 67.2 Å². The largest absolute Gasteiger partial charge is 0.396 e. The summed E-state index contributed by atoms with van der Waals surface area (Å²) in [6.07, 6.45) is 6.38. The summed E-state index contributed by atoms with van der Waals surface area (Å²) in [6.45, 7) is 4.02. The first-order valence-corrected chi connectivity index (χ1v) is 6.16. The molecular formula is C13H21N3O2. The number of carbonyl (C=O) groups is 1. The van der Waals surface area contributed by atoms with Crippen molar-refractivity contribution >= 4 is 12.0 Å². The van der Waals surface area contributed by atoms with Gasteiger partial charge in [0.1, 0.15) is 0 Å². The van der Waals surface area contributed by atoms with E-state index < -0.39 is 0 Å². The van der Waals surface area contributed by atoms with E-state index in [-0.39, 0.29) is 18.6 Å². The van der Waals surface area contributed by atoms with Crippen LogP contribution >= 0.6 is 0 Å². The van der Waals surface area contributed by atoms with E-state index in [9.17, 15) is 4.79 Å². The Hall–Kier alpha value is -1.62. The second-order valence-corrected chi connectivity index (χ2v) is 4.27. The van der Waals surface area contributed by atoms with E-state index >= 15 is 0 Å². The zero-order chi connectivity index (χ0) is 13.5. The molecule has 0 fully saturated rings. The molecule has 0 bridgehead atoms. The van der Waals surface area contributed by atoms with Crippen molar-refractivity contribution in [1.29, 1.82) is 0 Å². The zero-order valence-electron chi connectivity index (χ0n) is 11.2. The zero-order valence-corrected chi connectivity index (χ0v) is 11.2. The van der Waals surface area contributed by atoms with Crippen molar-refractivity contribution in [3.63, 3.8) is 0 Å². The molecule has 0 aliphatic heterocycles. The van der Waals surface area contributed by atoms with E-state index in [0.29, 0.717) is 6.42 Å². The molecule has 1 aromatic rings. The van der Waals surface area contributed by atoms with Crippen molar-refractivity contribution in [1.82, 2.24) is 15.1 Å². The molecule has 18 heavy (non-hydrogen) atoms. The molecule has 0 spiro atoms. The summed E-state index contributed by atoms with van der Waals surface area (Å²) in [4.78, 5) is 11.7. The van der Waals surface area contributed by atoms with Crippen molar-refractivity contribution in [3.8, 4) is 0 Å². The van der Waals surface area contributed by atoms with E-state index in [1.807, 2.05) is 20.9 Å². The minimum Gasteiger partial charge on any atom is -0.396 e. The Bertz CT molecular complexity index is 424. The lowest BCUT2D eigenvalue weighted by molar-refractivity contribution is -0.117. The van der Waals surface area contributed by atoms with Gasteiger partial charge in [-0.15, -0.1) is 0 Å².